The van der Waals surface area contributed by atoms with Crippen LogP contribution >= 0.6 is 0 Å². The molecule has 2 aliphatic rings. The van der Waals surface area contributed by atoms with Gasteiger partial charge in [0, 0.05) is 37.4 Å². The standard InChI is InChI=1S/C23H29N3O3/c1-17-3-5-20(18(2)15-17)23(27)24-21-6-4-19(25-7-11-28-12-8-25)16-22(21)26-9-13-29-14-10-26/h3-6,15-16H,7-14H2,1-2H3,(H,24,27). The molecule has 2 fully saturated rings. The zero-order chi connectivity index (χ0) is 20.2. The van der Waals surface area contributed by atoms with Crippen LogP contribution in [0.1, 0.15) is 21.5 Å². The third kappa shape index (κ3) is 4.54. The van der Waals surface area contributed by atoms with E-state index in [4.69, 9.17) is 9.47 Å². The van der Waals surface area contributed by atoms with E-state index in [-0.39, 0.29) is 5.91 Å². The Hall–Kier alpha value is -2.57. The van der Waals surface area contributed by atoms with E-state index in [2.05, 4.69) is 27.2 Å². The van der Waals surface area contributed by atoms with Crippen molar-refractivity contribution in [3.8, 4) is 0 Å². The number of hydrogen-bond donors (Lipinski definition) is 1. The van der Waals surface area contributed by atoms with E-state index in [0.29, 0.717) is 18.8 Å². The highest BCUT2D eigenvalue weighted by Gasteiger charge is 2.20. The summed E-state index contributed by atoms with van der Waals surface area (Å²) in [5.41, 5.74) is 5.91. The quantitative estimate of drug-likeness (QED) is 0.861. The number of nitrogens with one attached hydrogen (secondary N) is 1. The van der Waals surface area contributed by atoms with Crippen LogP contribution in [0.5, 0.6) is 0 Å². The number of carbonyl (C=O) groups is 1. The second kappa shape index (κ2) is 8.84. The predicted octanol–water partition coefficient (Wildman–Crippen LogP) is 3.23. The molecule has 0 atom stereocenters. The van der Waals surface area contributed by atoms with Gasteiger partial charge >= 0.3 is 0 Å². The van der Waals surface area contributed by atoms with Crippen molar-refractivity contribution in [1.29, 1.82) is 0 Å². The van der Waals surface area contributed by atoms with Gasteiger partial charge in [-0.2, -0.15) is 0 Å². The lowest BCUT2D eigenvalue weighted by Crippen LogP contribution is -2.38. The van der Waals surface area contributed by atoms with Crippen molar-refractivity contribution in [1.82, 2.24) is 0 Å². The zero-order valence-electron chi connectivity index (χ0n) is 17.2. The van der Waals surface area contributed by atoms with Crippen LogP contribution in [-0.4, -0.2) is 58.5 Å². The number of anilines is 3. The van der Waals surface area contributed by atoms with Gasteiger partial charge in [0.15, 0.2) is 0 Å². The number of morpholine rings is 2. The van der Waals surface area contributed by atoms with E-state index in [1.807, 2.05) is 38.1 Å². The molecule has 1 N–H and O–H groups in total. The number of ether oxygens (including phenoxy) is 2. The van der Waals surface area contributed by atoms with Gasteiger partial charge < -0.3 is 24.6 Å². The second-order valence-electron chi connectivity index (χ2n) is 7.67. The van der Waals surface area contributed by atoms with Gasteiger partial charge in [-0.3, -0.25) is 4.79 Å². The maximum atomic E-state index is 13.0. The van der Waals surface area contributed by atoms with Gasteiger partial charge in [0.05, 0.1) is 37.8 Å². The number of amides is 1. The van der Waals surface area contributed by atoms with Gasteiger partial charge in [-0.1, -0.05) is 17.7 Å². The van der Waals surface area contributed by atoms with Gasteiger partial charge in [-0.25, -0.2) is 0 Å². The Morgan fingerprint density at radius 3 is 2.17 bits per heavy atom. The lowest BCUT2D eigenvalue weighted by atomic mass is 10.0. The van der Waals surface area contributed by atoms with E-state index >= 15 is 0 Å². The molecule has 29 heavy (non-hydrogen) atoms. The Bertz CT molecular complexity index is 872. The van der Waals surface area contributed by atoms with Crippen molar-refractivity contribution in [3.05, 3.63) is 53.1 Å². The normalized spacial score (nSPS) is 17.3. The van der Waals surface area contributed by atoms with Crippen molar-refractivity contribution in [2.45, 2.75) is 13.8 Å². The molecule has 1 amide bonds. The number of rotatable bonds is 4. The van der Waals surface area contributed by atoms with Gasteiger partial charge in [0.1, 0.15) is 0 Å². The summed E-state index contributed by atoms with van der Waals surface area (Å²) >= 11 is 0. The van der Waals surface area contributed by atoms with E-state index in [9.17, 15) is 4.79 Å². The molecule has 0 unspecified atom stereocenters. The van der Waals surface area contributed by atoms with Gasteiger partial charge in [0.25, 0.3) is 5.91 Å². The third-order valence-corrected chi connectivity index (χ3v) is 5.58. The number of carbonyl (C=O) groups excluding carboxylic acids is 1. The van der Waals surface area contributed by atoms with Crippen molar-refractivity contribution < 1.29 is 14.3 Å². The highest BCUT2D eigenvalue weighted by molar-refractivity contribution is 6.07. The minimum Gasteiger partial charge on any atom is -0.378 e. The van der Waals surface area contributed by atoms with Crippen LogP contribution in [0, 0.1) is 13.8 Å². The first-order valence-electron chi connectivity index (χ1n) is 10.3. The van der Waals surface area contributed by atoms with Gasteiger partial charge in [-0.05, 0) is 43.7 Å². The molecule has 6 nitrogen and oxygen atoms in total. The number of benzene rings is 2. The summed E-state index contributed by atoms with van der Waals surface area (Å²) in [6, 6.07) is 12.2. The highest BCUT2D eigenvalue weighted by Crippen LogP contribution is 2.32. The van der Waals surface area contributed by atoms with Crippen LogP contribution in [0.4, 0.5) is 17.1 Å². The Morgan fingerprint density at radius 1 is 0.862 bits per heavy atom. The van der Waals surface area contributed by atoms with Crippen molar-refractivity contribution in [2.24, 2.45) is 0 Å². The molecule has 4 rings (SSSR count). The molecule has 0 aromatic heterocycles. The fraction of sp³-hybridized carbons (Fsp3) is 0.435. The SMILES string of the molecule is Cc1ccc(C(=O)Nc2ccc(N3CCOCC3)cc2N2CCOCC2)c(C)c1. The molecule has 2 aromatic rings. The Balaban J connectivity index is 1.62. The van der Waals surface area contributed by atoms with E-state index in [1.165, 1.54) is 5.69 Å². The van der Waals surface area contributed by atoms with E-state index in [1.54, 1.807) is 0 Å². The molecule has 0 aliphatic carbocycles. The predicted molar refractivity (Wildman–Crippen MR) is 116 cm³/mol. The van der Waals surface area contributed by atoms with Crippen LogP contribution in [0.15, 0.2) is 36.4 Å². The molecule has 6 heteroatoms. The fourth-order valence-corrected chi connectivity index (χ4v) is 3.97. The zero-order valence-corrected chi connectivity index (χ0v) is 17.2. The van der Waals surface area contributed by atoms with Gasteiger partial charge in [0.2, 0.25) is 0 Å². The molecule has 0 spiro atoms. The van der Waals surface area contributed by atoms with Crippen LogP contribution in [0.3, 0.4) is 0 Å². The molecule has 2 aromatic carbocycles. The lowest BCUT2D eigenvalue weighted by Gasteiger charge is -2.33. The Labute approximate surface area is 172 Å². The molecule has 2 heterocycles. The summed E-state index contributed by atoms with van der Waals surface area (Å²) in [4.78, 5) is 17.6. The highest BCUT2D eigenvalue weighted by atomic mass is 16.5. The van der Waals surface area contributed by atoms with E-state index < -0.39 is 0 Å². The largest absolute Gasteiger partial charge is 0.378 e. The summed E-state index contributed by atoms with van der Waals surface area (Å²) in [6.07, 6.45) is 0. The summed E-state index contributed by atoms with van der Waals surface area (Å²) in [5, 5.41) is 3.15. The Kier molecular flexibility index (Phi) is 6.02. The monoisotopic (exact) mass is 395 g/mol. The maximum absolute atomic E-state index is 13.0. The minimum atomic E-state index is -0.0730. The molecule has 0 radical (unpaired) electrons. The molecule has 0 bridgehead atoms. The maximum Gasteiger partial charge on any atom is 0.255 e. The van der Waals surface area contributed by atoms with Crippen molar-refractivity contribution in [3.63, 3.8) is 0 Å². The summed E-state index contributed by atoms with van der Waals surface area (Å²) in [5.74, 6) is -0.0730. The second-order valence-corrected chi connectivity index (χ2v) is 7.67. The fourth-order valence-electron chi connectivity index (χ4n) is 3.97. The van der Waals surface area contributed by atoms with Crippen LogP contribution in [0.25, 0.3) is 0 Å². The molecule has 0 saturated carbocycles. The first-order chi connectivity index (χ1) is 14.1. The van der Waals surface area contributed by atoms with Crippen LogP contribution in [-0.2, 0) is 9.47 Å². The molecular formula is C23H29N3O3. The molecule has 2 saturated heterocycles. The van der Waals surface area contributed by atoms with Crippen molar-refractivity contribution >= 4 is 23.0 Å². The van der Waals surface area contributed by atoms with Gasteiger partial charge in [-0.15, -0.1) is 0 Å². The number of hydrogen-bond acceptors (Lipinski definition) is 5. The number of nitrogens with zero attached hydrogens (tertiary/aromatic N) is 2. The average molecular weight is 396 g/mol. The first kappa shape index (κ1) is 19.7. The summed E-state index contributed by atoms with van der Waals surface area (Å²) in [6.45, 7) is 10.3. The van der Waals surface area contributed by atoms with Crippen LogP contribution in [0.2, 0.25) is 0 Å². The smallest absolute Gasteiger partial charge is 0.255 e. The summed E-state index contributed by atoms with van der Waals surface area (Å²) in [7, 11) is 0. The summed E-state index contributed by atoms with van der Waals surface area (Å²) < 4.78 is 11.0. The third-order valence-electron chi connectivity index (χ3n) is 5.58. The van der Waals surface area contributed by atoms with E-state index in [0.717, 1.165) is 61.9 Å². The number of aryl methyl sites for hydroxylation is 2. The molecular weight excluding hydrogens is 366 g/mol. The minimum absolute atomic E-state index is 0.0730. The topological polar surface area (TPSA) is 54.0 Å². The first-order valence-corrected chi connectivity index (χ1v) is 10.3. The molecule has 2 aliphatic heterocycles. The lowest BCUT2D eigenvalue weighted by molar-refractivity contribution is 0.102. The Morgan fingerprint density at radius 2 is 1.52 bits per heavy atom. The average Bonchev–Trinajstić information content (AvgIpc) is 2.75. The van der Waals surface area contributed by atoms with Crippen molar-refractivity contribution in [2.75, 3.05) is 67.7 Å². The van der Waals surface area contributed by atoms with Crippen LogP contribution < -0.4 is 15.1 Å². The molecule has 154 valence electrons.